The first-order valence-corrected chi connectivity index (χ1v) is 11.6. The first-order valence-electron chi connectivity index (χ1n) is 10.7. The van der Waals surface area contributed by atoms with E-state index in [1.807, 2.05) is 23.6 Å². The van der Waals surface area contributed by atoms with Crippen LogP contribution >= 0.6 is 11.3 Å². The zero-order valence-electron chi connectivity index (χ0n) is 18.0. The molecule has 0 atom stereocenters. The standard InChI is InChI=1S/C20H21N5OS.C2HF3O2/c26-18(17-2-1-11-27-17)13-6-9-25(10-7-13)20-19(22-14-3-4-14)23-15-5-8-21-12-16(15)24-20;3-2(4,5)1(6)7/h1-2,5,8,11-14H,3-4,6-7,9-10H2,(H,22,23);(H,6,7). The van der Waals surface area contributed by atoms with Crippen molar-refractivity contribution in [2.75, 3.05) is 23.3 Å². The molecule has 1 aliphatic carbocycles. The van der Waals surface area contributed by atoms with Crippen LogP contribution in [0.3, 0.4) is 0 Å². The van der Waals surface area contributed by atoms with Gasteiger partial charge in [-0.15, -0.1) is 11.3 Å². The summed E-state index contributed by atoms with van der Waals surface area (Å²) in [5.74, 6) is -0.610. The molecule has 0 spiro atoms. The van der Waals surface area contributed by atoms with Gasteiger partial charge in [-0.1, -0.05) is 6.07 Å². The number of pyridine rings is 1. The molecular formula is C22H22F3N5O3S. The second-order valence-electron chi connectivity index (χ2n) is 8.08. The summed E-state index contributed by atoms with van der Waals surface area (Å²) in [4.78, 5) is 38.5. The number of rotatable bonds is 5. The zero-order valence-corrected chi connectivity index (χ0v) is 18.8. The number of halogens is 3. The molecule has 1 saturated carbocycles. The lowest BCUT2D eigenvalue weighted by molar-refractivity contribution is -0.192. The minimum Gasteiger partial charge on any atom is -0.475 e. The summed E-state index contributed by atoms with van der Waals surface area (Å²) in [6.45, 7) is 1.64. The average Bonchev–Trinajstić information content (AvgIpc) is 3.46. The Morgan fingerprint density at radius 3 is 2.38 bits per heavy atom. The van der Waals surface area contributed by atoms with Gasteiger partial charge in [0.15, 0.2) is 17.4 Å². The molecule has 34 heavy (non-hydrogen) atoms. The van der Waals surface area contributed by atoms with Gasteiger partial charge in [-0.25, -0.2) is 14.8 Å². The number of nitrogens with one attached hydrogen (secondary N) is 1. The maximum Gasteiger partial charge on any atom is 0.490 e. The minimum atomic E-state index is -5.08. The minimum absolute atomic E-state index is 0.106. The third-order valence-corrected chi connectivity index (χ3v) is 6.42. The van der Waals surface area contributed by atoms with Crippen LogP contribution in [0.5, 0.6) is 0 Å². The largest absolute Gasteiger partial charge is 0.490 e. The van der Waals surface area contributed by atoms with Crippen LogP contribution < -0.4 is 10.2 Å². The summed E-state index contributed by atoms with van der Waals surface area (Å²) >= 11 is 1.54. The Morgan fingerprint density at radius 1 is 1.09 bits per heavy atom. The number of aromatic nitrogens is 3. The smallest absolute Gasteiger partial charge is 0.475 e. The molecule has 5 rings (SSSR count). The van der Waals surface area contributed by atoms with E-state index in [1.54, 1.807) is 12.4 Å². The number of fused-ring (bicyclic) bond motifs is 1. The lowest BCUT2D eigenvalue weighted by atomic mass is 9.92. The van der Waals surface area contributed by atoms with Crippen LogP contribution in [0, 0.1) is 5.92 Å². The van der Waals surface area contributed by atoms with Crippen molar-refractivity contribution in [1.82, 2.24) is 15.0 Å². The topological polar surface area (TPSA) is 108 Å². The van der Waals surface area contributed by atoms with Crippen molar-refractivity contribution >= 4 is 45.8 Å². The van der Waals surface area contributed by atoms with Gasteiger partial charge in [0.1, 0.15) is 5.52 Å². The Balaban J connectivity index is 0.000000344. The Morgan fingerprint density at radius 2 is 1.79 bits per heavy atom. The van der Waals surface area contributed by atoms with Gasteiger partial charge in [0, 0.05) is 31.2 Å². The molecule has 0 unspecified atom stereocenters. The van der Waals surface area contributed by atoms with Crippen LogP contribution in [0.15, 0.2) is 36.0 Å². The van der Waals surface area contributed by atoms with Crippen LogP contribution in [0.25, 0.3) is 11.0 Å². The Bertz CT molecular complexity index is 1160. The number of carboxylic acids is 1. The molecule has 4 heterocycles. The van der Waals surface area contributed by atoms with Gasteiger partial charge >= 0.3 is 12.1 Å². The molecule has 8 nitrogen and oxygen atoms in total. The molecule has 2 fully saturated rings. The second kappa shape index (κ2) is 9.92. The fraction of sp³-hybridized carbons (Fsp3) is 0.409. The maximum absolute atomic E-state index is 12.6. The van der Waals surface area contributed by atoms with Crippen molar-refractivity contribution in [1.29, 1.82) is 0 Å². The van der Waals surface area contributed by atoms with Crippen LogP contribution in [0.2, 0.25) is 0 Å². The fourth-order valence-electron chi connectivity index (χ4n) is 3.61. The number of carboxylic acid groups (broad SMARTS) is 1. The average molecular weight is 494 g/mol. The molecule has 12 heteroatoms. The van der Waals surface area contributed by atoms with Crippen LogP contribution in [-0.4, -0.2) is 57.1 Å². The quantitative estimate of drug-likeness (QED) is 0.504. The Labute approximate surface area is 196 Å². The van der Waals surface area contributed by atoms with E-state index < -0.39 is 12.1 Å². The molecule has 0 bridgehead atoms. The van der Waals surface area contributed by atoms with E-state index in [-0.39, 0.29) is 11.7 Å². The van der Waals surface area contributed by atoms with E-state index in [9.17, 15) is 18.0 Å². The number of aliphatic carboxylic acids is 1. The molecule has 1 saturated heterocycles. The van der Waals surface area contributed by atoms with Gasteiger partial charge in [-0.3, -0.25) is 9.78 Å². The molecule has 1 aliphatic heterocycles. The summed E-state index contributed by atoms with van der Waals surface area (Å²) < 4.78 is 31.7. The molecule has 3 aromatic rings. The molecule has 180 valence electrons. The lowest BCUT2D eigenvalue weighted by Gasteiger charge is -2.33. The highest BCUT2D eigenvalue weighted by atomic mass is 32.1. The number of piperidine rings is 1. The van der Waals surface area contributed by atoms with Crippen LogP contribution in [0.1, 0.15) is 35.4 Å². The second-order valence-corrected chi connectivity index (χ2v) is 9.03. The monoisotopic (exact) mass is 493 g/mol. The molecule has 0 radical (unpaired) electrons. The van der Waals surface area contributed by atoms with E-state index in [0.29, 0.717) is 6.04 Å². The summed E-state index contributed by atoms with van der Waals surface area (Å²) in [5.41, 5.74) is 1.67. The van der Waals surface area contributed by atoms with Crippen molar-refractivity contribution in [2.24, 2.45) is 5.92 Å². The SMILES string of the molecule is O=C(O)C(F)(F)F.O=C(c1cccs1)C1CCN(c2nc3cnccc3nc2NC2CC2)CC1. The molecular weight excluding hydrogens is 471 g/mol. The highest BCUT2D eigenvalue weighted by Gasteiger charge is 2.38. The number of thiophene rings is 1. The van der Waals surface area contributed by atoms with Gasteiger partial charge in [0.2, 0.25) is 0 Å². The molecule has 2 aliphatic rings. The van der Waals surface area contributed by atoms with Crippen molar-refractivity contribution in [3.63, 3.8) is 0 Å². The van der Waals surface area contributed by atoms with Gasteiger partial charge < -0.3 is 15.3 Å². The van der Waals surface area contributed by atoms with E-state index in [2.05, 4.69) is 15.2 Å². The number of carbonyl (C=O) groups excluding carboxylic acids is 1. The van der Waals surface area contributed by atoms with Gasteiger partial charge in [0.25, 0.3) is 0 Å². The number of anilines is 2. The first kappa shape index (κ1) is 23.9. The van der Waals surface area contributed by atoms with Gasteiger partial charge in [0.05, 0.1) is 16.6 Å². The summed E-state index contributed by atoms with van der Waals surface area (Å²) in [5, 5.41) is 12.6. The number of Topliss-reactive ketones (excluding diaryl/α,β-unsaturated/α-hetero) is 1. The molecule has 3 aromatic heterocycles. The molecule has 2 N–H and O–H groups in total. The number of ketones is 1. The van der Waals surface area contributed by atoms with Crippen molar-refractivity contribution in [2.45, 2.75) is 37.9 Å². The van der Waals surface area contributed by atoms with E-state index in [1.165, 1.54) is 24.2 Å². The van der Waals surface area contributed by atoms with Crippen molar-refractivity contribution < 1.29 is 27.9 Å². The van der Waals surface area contributed by atoms with Crippen molar-refractivity contribution in [3.8, 4) is 0 Å². The third-order valence-electron chi connectivity index (χ3n) is 5.54. The number of hydrogen-bond donors (Lipinski definition) is 2. The fourth-order valence-corrected chi connectivity index (χ4v) is 4.35. The summed E-state index contributed by atoms with van der Waals surface area (Å²) in [7, 11) is 0. The predicted molar refractivity (Wildman–Crippen MR) is 121 cm³/mol. The van der Waals surface area contributed by atoms with Crippen molar-refractivity contribution in [3.05, 3.63) is 40.8 Å². The summed E-state index contributed by atoms with van der Waals surface area (Å²) in [6, 6.07) is 6.28. The Hall–Kier alpha value is -3.28. The first-order chi connectivity index (χ1) is 16.2. The number of nitrogens with zero attached hydrogens (tertiary/aromatic N) is 4. The molecule has 0 aromatic carbocycles. The highest BCUT2D eigenvalue weighted by Crippen LogP contribution is 2.33. The van der Waals surface area contributed by atoms with Gasteiger partial charge in [-0.2, -0.15) is 13.2 Å². The van der Waals surface area contributed by atoms with E-state index >= 15 is 0 Å². The highest BCUT2D eigenvalue weighted by molar-refractivity contribution is 7.12. The Kier molecular flexibility index (Phi) is 6.96. The predicted octanol–water partition coefficient (Wildman–Crippen LogP) is 4.39. The van der Waals surface area contributed by atoms with E-state index in [4.69, 9.17) is 19.9 Å². The van der Waals surface area contributed by atoms with Crippen LogP contribution in [0.4, 0.5) is 24.8 Å². The maximum atomic E-state index is 12.6. The lowest BCUT2D eigenvalue weighted by Crippen LogP contribution is -2.37. The number of carbonyl (C=O) groups is 2. The third kappa shape index (κ3) is 5.79. The number of alkyl halides is 3. The van der Waals surface area contributed by atoms with E-state index in [0.717, 1.165) is 53.5 Å². The summed E-state index contributed by atoms with van der Waals surface area (Å²) in [6.07, 6.45) is 2.51. The zero-order chi connectivity index (χ0) is 24.3. The normalized spacial score (nSPS) is 16.6. The molecule has 0 amide bonds. The van der Waals surface area contributed by atoms with Crippen LogP contribution in [-0.2, 0) is 4.79 Å². The number of hydrogen-bond acceptors (Lipinski definition) is 8. The van der Waals surface area contributed by atoms with Gasteiger partial charge in [-0.05, 0) is 43.2 Å².